The predicted molar refractivity (Wildman–Crippen MR) is 197 cm³/mol. The Labute approximate surface area is 325 Å². The number of furan rings is 1. The van der Waals surface area contributed by atoms with Crippen LogP contribution in [0.15, 0.2) is 94.3 Å². The number of fused-ring (bicyclic) bond motifs is 6. The van der Waals surface area contributed by atoms with Gasteiger partial charge in [-0.2, -0.15) is 17.2 Å². The number of rotatable bonds is 1. The van der Waals surface area contributed by atoms with E-state index < -0.39 is 0 Å². The van der Waals surface area contributed by atoms with E-state index in [1.165, 1.54) is 54.4 Å². The topological polar surface area (TPSA) is 13.1 Å². The third-order valence-electron chi connectivity index (χ3n) is 13.8. The quantitative estimate of drug-likeness (QED) is 0.264. The van der Waals surface area contributed by atoms with E-state index in [-0.39, 0.29) is 35.6 Å². The van der Waals surface area contributed by atoms with Gasteiger partial charge in [0.25, 0.3) is 0 Å². The molecule has 2 saturated carbocycles. The number of benzene rings is 1. The molecule has 262 valence electrons. The summed E-state index contributed by atoms with van der Waals surface area (Å²) in [7, 11) is 0. The van der Waals surface area contributed by atoms with Gasteiger partial charge >= 0.3 is 59.5 Å². The Hall–Kier alpha value is -1.73. The number of aryl methyl sites for hydroxylation is 1. The third-order valence-corrected chi connectivity index (χ3v) is 15.1. The molecular weight excluding hydrogens is 719 g/mol. The summed E-state index contributed by atoms with van der Waals surface area (Å²) in [5.41, 5.74) is 13.6. The molecular formula is C45H56Cl2OZr-2. The van der Waals surface area contributed by atoms with E-state index in [1.807, 2.05) is 6.07 Å². The van der Waals surface area contributed by atoms with Gasteiger partial charge in [-0.15, -0.1) is 24.6 Å². The summed E-state index contributed by atoms with van der Waals surface area (Å²) in [6.07, 6.45) is 16.9. The second-order valence-corrected chi connectivity index (χ2v) is 17.5. The van der Waals surface area contributed by atoms with Crippen molar-refractivity contribution in [1.82, 2.24) is 0 Å². The molecule has 4 heteroatoms. The van der Waals surface area contributed by atoms with Crippen LogP contribution in [0.4, 0.5) is 0 Å². The van der Waals surface area contributed by atoms with Crippen molar-refractivity contribution in [3.63, 3.8) is 0 Å². The van der Waals surface area contributed by atoms with E-state index in [0.29, 0.717) is 29.6 Å². The van der Waals surface area contributed by atoms with Gasteiger partial charge in [-0.25, -0.2) is 5.92 Å². The monoisotopic (exact) mass is 772 g/mol. The summed E-state index contributed by atoms with van der Waals surface area (Å²) >= 11 is 1.69. The van der Waals surface area contributed by atoms with Gasteiger partial charge in [-0.05, 0) is 34.7 Å². The first-order chi connectivity index (χ1) is 22.4. The average molecular weight is 775 g/mol. The normalized spacial score (nSPS) is 31.1. The van der Waals surface area contributed by atoms with Crippen LogP contribution in [-0.2, 0) is 30.7 Å². The Balaban J connectivity index is 0.000000222. The molecule has 1 nitrogen and oxygen atoms in total. The van der Waals surface area contributed by atoms with Gasteiger partial charge in [0.15, 0.2) is 0 Å². The zero-order valence-electron chi connectivity index (χ0n) is 31.2. The fraction of sp³-hybridized carbons (Fsp3) is 0.489. The Kier molecular flexibility index (Phi) is 13.0. The molecule has 0 amide bonds. The van der Waals surface area contributed by atoms with Crippen LogP contribution in [0.5, 0.6) is 0 Å². The van der Waals surface area contributed by atoms with Gasteiger partial charge in [-0.3, -0.25) is 0 Å². The maximum absolute atomic E-state index is 4.99. The van der Waals surface area contributed by atoms with Gasteiger partial charge in [0.1, 0.15) is 0 Å². The number of hydrogen-bond acceptors (Lipinski definition) is 1. The van der Waals surface area contributed by atoms with E-state index in [9.17, 15) is 0 Å². The van der Waals surface area contributed by atoms with Gasteiger partial charge in [0.2, 0.25) is 0 Å². The molecule has 5 aliphatic carbocycles. The molecule has 0 aliphatic heterocycles. The van der Waals surface area contributed by atoms with E-state index in [0.717, 1.165) is 12.0 Å². The van der Waals surface area contributed by atoms with Crippen LogP contribution in [0, 0.1) is 53.3 Å². The molecule has 7 atom stereocenters. The molecule has 49 heavy (non-hydrogen) atoms. The minimum absolute atomic E-state index is 0. The second-order valence-electron chi connectivity index (χ2n) is 15.8. The van der Waals surface area contributed by atoms with Crippen LogP contribution in [-0.4, -0.2) is 3.21 Å². The molecule has 1 aromatic heterocycles. The Morgan fingerprint density at radius 2 is 1.55 bits per heavy atom. The molecule has 0 bridgehead atoms. The molecule has 7 unspecified atom stereocenters. The van der Waals surface area contributed by atoms with Crippen molar-refractivity contribution >= 4 is 8.78 Å². The van der Waals surface area contributed by atoms with Gasteiger partial charge in [0, 0.05) is 17.9 Å². The number of hydrogen-bond donors (Lipinski definition) is 0. The van der Waals surface area contributed by atoms with Crippen molar-refractivity contribution in [1.29, 1.82) is 0 Å². The Bertz CT molecular complexity index is 1700. The second kappa shape index (κ2) is 15.9. The summed E-state index contributed by atoms with van der Waals surface area (Å²) in [5, 5.41) is 0. The number of allylic oxidation sites excluding steroid dienone is 6. The Morgan fingerprint density at radius 1 is 0.857 bits per heavy atom. The van der Waals surface area contributed by atoms with Crippen molar-refractivity contribution in [2.45, 2.75) is 101 Å². The summed E-state index contributed by atoms with van der Waals surface area (Å²) < 4.78 is 6.80. The van der Waals surface area contributed by atoms with Crippen LogP contribution >= 0.6 is 0 Å². The molecule has 3 aromatic rings. The maximum atomic E-state index is 4.99. The Morgan fingerprint density at radius 3 is 2.14 bits per heavy atom. The van der Waals surface area contributed by atoms with Crippen molar-refractivity contribution in [2.75, 3.05) is 0 Å². The standard InChI is InChI=1S/C29H37.C10H9O.C6H10.2ClH.Zr/c1-16-13-14-25-26-23-12-10-9-11-22(23)15-24(26)27-19(4)17(2)18(3)21(6)29(27,8)28(25,7)20(16)5;1-8-3-2-4-10(8)9-5-6-11-7-9;1-2-4-6-5-3-1;;;/h9-14,16-18,20-21H,15H2,1-8H3;2-7H,1H3;1-5H2;2*1H;/q2*-1;;;;+2/p-2. The van der Waals surface area contributed by atoms with E-state index in [2.05, 4.69) is 117 Å². The average Bonchev–Trinajstić information content (AvgIpc) is 3.83. The fourth-order valence-electron chi connectivity index (χ4n) is 10.1. The predicted octanol–water partition coefficient (Wildman–Crippen LogP) is 6.33. The molecule has 2 fully saturated rings. The molecule has 0 saturated heterocycles. The van der Waals surface area contributed by atoms with E-state index in [1.54, 1.807) is 68.2 Å². The molecule has 0 spiro atoms. The van der Waals surface area contributed by atoms with Crippen molar-refractivity contribution in [3.05, 3.63) is 113 Å². The molecule has 2 aromatic carbocycles. The van der Waals surface area contributed by atoms with E-state index in [4.69, 9.17) is 4.42 Å². The zero-order valence-corrected chi connectivity index (χ0v) is 35.2. The molecule has 8 rings (SSSR count). The molecule has 0 radical (unpaired) electrons. The summed E-state index contributed by atoms with van der Waals surface area (Å²) in [6, 6.07) is 17.4. The van der Waals surface area contributed by atoms with Crippen LogP contribution < -0.4 is 24.8 Å². The van der Waals surface area contributed by atoms with Gasteiger partial charge in [0.05, 0.1) is 0 Å². The molecule has 5 aliphatic rings. The SMILES string of the molecule is C[C-]1C2=C3Cc4ccccc4C3=C3C=CC(C)C(C)C3(C)C2(C)C(C)C(C)C1C.Cc1ccc[c-]1-c1ccoc1.[Cl-].[Cl-].[Zr+2]=[C]1CCCCC1. The first-order valence-electron chi connectivity index (χ1n) is 18.3. The van der Waals surface area contributed by atoms with Crippen molar-refractivity contribution in [2.24, 2.45) is 40.4 Å². The molecule has 1 heterocycles. The van der Waals surface area contributed by atoms with Crippen LogP contribution in [0.3, 0.4) is 0 Å². The number of halogens is 2. The van der Waals surface area contributed by atoms with Crippen molar-refractivity contribution < 1.29 is 53.5 Å². The van der Waals surface area contributed by atoms with E-state index >= 15 is 0 Å². The summed E-state index contributed by atoms with van der Waals surface area (Å²) in [4.78, 5) is 0. The minimum atomic E-state index is 0. The first kappa shape index (κ1) is 40.0. The van der Waals surface area contributed by atoms with Gasteiger partial charge < -0.3 is 29.2 Å². The van der Waals surface area contributed by atoms with Crippen molar-refractivity contribution in [3.8, 4) is 11.1 Å². The molecule has 0 N–H and O–H groups in total. The van der Waals surface area contributed by atoms with Crippen LogP contribution in [0.25, 0.3) is 16.7 Å². The fourth-order valence-corrected chi connectivity index (χ4v) is 10.9. The summed E-state index contributed by atoms with van der Waals surface area (Å²) in [6.45, 7) is 22.3. The zero-order chi connectivity index (χ0) is 33.7. The third kappa shape index (κ3) is 6.71. The summed E-state index contributed by atoms with van der Waals surface area (Å²) in [5.74, 6) is 4.93. The van der Waals surface area contributed by atoms with Crippen LogP contribution in [0.1, 0.15) is 104 Å². The van der Waals surface area contributed by atoms with Crippen LogP contribution in [0.2, 0.25) is 0 Å². The first-order valence-corrected chi connectivity index (χ1v) is 19.6. The van der Waals surface area contributed by atoms with Gasteiger partial charge in [-0.1, -0.05) is 138 Å².